The highest BCUT2D eigenvalue weighted by Gasteiger charge is 2.29. The molecule has 0 aliphatic carbocycles. The molecular formula is C27H28N2O4. The van der Waals surface area contributed by atoms with Crippen molar-refractivity contribution in [1.29, 1.82) is 0 Å². The summed E-state index contributed by atoms with van der Waals surface area (Å²) < 4.78 is 21.7. The Balaban J connectivity index is 1.65. The van der Waals surface area contributed by atoms with Gasteiger partial charge in [0, 0.05) is 6.42 Å². The molecule has 0 fully saturated rings. The van der Waals surface area contributed by atoms with Crippen molar-refractivity contribution in [3.63, 3.8) is 0 Å². The molecule has 6 heteroatoms. The Morgan fingerprint density at radius 3 is 2.03 bits per heavy atom. The van der Waals surface area contributed by atoms with Crippen molar-refractivity contribution in [2.75, 3.05) is 33.4 Å². The molecule has 0 amide bonds. The zero-order chi connectivity index (χ0) is 23.2. The quantitative estimate of drug-likeness (QED) is 0.443. The molecule has 1 atom stereocenters. The zero-order valence-corrected chi connectivity index (χ0v) is 19.3. The van der Waals surface area contributed by atoms with Gasteiger partial charge in [-0.05, 0) is 53.6 Å². The molecular weight excluding hydrogens is 416 g/mol. The van der Waals surface area contributed by atoms with E-state index in [-0.39, 0.29) is 6.04 Å². The van der Waals surface area contributed by atoms with Gasteiger partial charge in [0.1, 0.15) is 0 Å². The van der Waals surface area contributed by atoms with Crippen LogP contribution in [0.25, 0.3) is 6.08 Å². The van der Waals surface area contributed by atoms with Gasteiger partial charge in [0.2, 0.25) is 0 Å². The fraction of sp³-hybridized carbons (Fsp3) is 0.222. The van der Waals surface area contributed by atoms with Gasteiger partial charge in [-0.15, -0.1) is 0 Å². The Morgan fingerprint density at radius 2 is 1.36 bits per heavy atom. The summed E-state index contributed by atoms with van der Waals surface area (Å²) in [5.74, 6) is 2.82. The summed E-state index contributed by atoms with van der Waals surface area (Å²) in [5, 5.41) is 7.01. The van der Waals surface area contributed by atoms with E-state index in [4.69, 9.17) is 24.0 Å². The number of ether oxygens (including phenoxy) is 4. The van der Waals surface area contributed by atoms with Crippen LogP contribution in [-0.4, -0.2) is 34.2 Å². The summed E-state index contributed by atoms with van der Waals surface area (Å²) >= 11 is 0. The molecule has 1 aliphatic rings. The number of allylic oxidation sites excluding steroid dienone is 1. The van der Waals surface area contributed by atoms with E-state index in [2.05, 4.69) is 29.3 Å². The molecule has 1 aliphatic heterocycles. The topological polar surface area (TPSA) is 52.5 Å². The van der Waals surface area contributed by atoms with Crippen LogP contribution < -0.4 is 24.0 Å². The highest BCUT2D eigenvalue weighted by atomic mass is 16.5. The van der Waals surface area contributed by atoms with Crippen molar-refractivity contribution in [2.24, 2.45) is 5.10 Å². The molecule has 0 spiro atoms. The van der Waals surface area contributed by atoms with Gasteiger partial charge < -0.3 is 18.9 Å². The lowest BCUT2D eigenvalue weighted by Crippen LogP contribution is -2.18. The predicted octanol–water partition coefficient (Wildman–Crippen LogP) is 5.74. The van der Waals surface area contributed by atoms with Gasteiger partial charge in [0.05, 0.1) is 45.9 Å². The monoisotopic (exact) mass is 444 g/mol. The van der Waals surface area contributed by atoms with Crippen LogP contribution in [0.2, 0.25) is 0 Å². The first kappa shape index (κ1) is 22.3. The van der Waals surface area contributed by atoms with Gasteiger partial charge in [0.25, 0.3) is 0 Å². The lowest BCUT2D eigenvalue weighted by atomic mass is 10.00. The van der Waals surface area contributed by atoms with Crippen LogP contribution >= 0.6 is 0 Å². The second-order valence-corrected chi connectivity index (χ2v) is 7.55. The minimum absolute atomic E-state index is 0.0391. The molecule has 3 aromatic rings. The largest absolute Gasteiger partial charge is 0.493 e. The molecule has 0 N–H and O–H groups in total. The average molecular weight is 445 g/mol. The SMILES string of the molecule is COc1ccc(/C=C/C2=NN(c3ccccc3)[C@H](c3ccc(OC)c(OC)c3)C2)cc1OC. The fourth-order valence-electron chi connectivity index (χ4n) is 3.92. The van der Waals surface area contributed by atoms with Crippen LogP contribution in [-0.2, 0) is 0 Å². The smallest absolute Gasteiger partial charge is 0.161 e. The van der Waals surface area contributed by atoms with E-state index < -0.39 is 0 Å². The highest BCUT2D eigenvalue weighted by Crippen LogP contribution is 2.39. The summed E-state index contributed by atoms with van der Waals surface area (Å²) in [6, 6.07) is 22.1. The molecule has 1 heterocycles. The maximum atomic E-state index is 5.53. The lowest BCUT2D eigenvalue weighted by molar-refractivity contribution is 0.354. The number of methoxy groups -OCH3 is 4. The molecule has 0 saturated heterocycles. The third kappa shape index (κ3) is 4.80. The number of hydrogen-bond acceptors (Lipinski definition) is 6. The van der Waals surface area contributed by atoms with E-state index in [1.807, 2.05) is 54.6 Å². The molecule has 170 valence electrons. The number of rotatable bonds is 8. The van der Waals surface area contributed by atoms with Gasteiger partial charge in [0.15, 0.2) is 23.0 Å². The fourth-order valence-corrected chi connectivity index (χ4v) is 3.92. The number of hydrogen-bond donors (Lipinski definition) is 0. The van der Waals surface area contributed by atoms with Crippen LogP contribution in [0.3, 0.4) is 0 Å². The van der Waals surface area contributed by atoms with E-state index in [9.17, 15) is 0 Å². The molecule has 6 nitrogen and oxygen atoms in total. The maximum absolute atomic E-state index is 5.53. The van der Waals surface area contributed by atoms with Crippen LogP contribution in [0.15, 0.2) is 77.9 Å². The summed E-state index contributed by atoms with van der Waals surface area (Å²) in [7, 11) is 6.56. The Bertz CT molecular complexity index is 1160. The standard InChI is InChI=1S/C27H28N2O4/c1-30-24-14-11-19(16-26(24)32-3)10-13-21-18-23(29(28-21)22-8-6-5-7-9-22)20-12-15-25(31-2)27(17-20)33-4/h5-17,23H,18H2,1-4H3/b13-10+/t23-/m0/s1. The Morgan fingerprint density at radius 1 is 0.727 bits per heavy atom. The molecule has 4 rings (SSSR count). The van der Waals surface area contributed by atoms with Crippen LogP contribution in [0.5, 0.6) is 23.0 Å². The van der Waals surface area contributed by atoms with Crippen LogP contribution in [0.4, 0.5) is 5.69 Å². The molecule has 0 unspecified atom stereocenters. The molecule has 0 bridgehead atoms. The normalized spacial score (nSPS) is 15.5. The van der Waals surface area contributed by atoms with Crippen molar-refractivity contribution >= 4 is 17.5 Å². The van der Waals surface area contributed by atoms with Gasteiger partial charge in [-0.3, -0.25) is 5.01 Å². The van der Waals surface area contributed by atoms with E-state index in [0.717, 1.165) is 28.9 Å². The number of anilines is 1. The minimum atomic E-state index is 0.0391. The number of nitrogens with zero attached hydrogens (tertiary/aromatic N) is 2. The average Bonchev–Trinajstić information content (AvgIpc) is 3.31. The third-order valence-electron chi connectivity index (χ3n) is 5.62. The molecule has 0 radical (unpaired) electrons. The number of para-hydroxylation sites is 1. The highest BCUT2D eigenvalue weighted by molar-refractivity contribution is 6.01. The van der Waals surface area contributed by atoms with Gasteiger partial charge >= 0.3 is 0 Å². The second-order valence-electron chi connectivity index (χ2n) is 7.55. The van der Waals surface area contributed by atoms with Gasteiger partial charge in [-0.2, -0.15) is 5.10 Å². The Labute approximate surface area is 194 Å². The van der Waals surface area contributed by atoms with Crippen molar-refractivity contribution in [1.82, 2.24) is 0 Å². The number of hydrazone groups is 1. The van der Waals surface area contributed by atoms with E-state index in [1.165, 1.54) is 0 Å². The first-order valence-corrected chi connectivity index (χ1v) is 10.7. The predicted molar refractivity (Wildman–Crippen MR) is 132 cm³/mol. The van der Waals surface area contributed by atoms with Crippen molar-refractivity contribution in [3.05, 3.63) is 83.9 Å². The number of benzene rings is 3. The van der Waals surface area contributed by atoms with Crippen molar-refractivity contribution < 1.29 is 18.9 Å². The Kier molecular flexibility index (Phi) is 6.83. The lowest BCUT2D eigenvalue weighted by Gasteiger charge is -2.24. The second kappa shape index (κ2) is 10.1. The van der Waals surface area contributed by atoms with E-state index in [1.54, 1.807) is 28.4 Å². The molecule has 0 saturated carbocycles. The first-order valence-electron chi connectivity index (χ1n) is 10.7. The first-order chi connectivity index (χ1) is 16.2. The van der Waals surface area contributed by atoms with Crippen LogP contribution in [0.1, 0.15) is 23.6 Å². The molecule has 33 heavy (non-hydrogen) atoms. The summed E-state index contributed by atoms with van der Waals surface area (Å²) in [4.78, 5) is 0. The van der Waals surface area contributed by atoms with Crippen molar-refractivity contribution in [3.8, 4) is 23.0 Å². The summed E-state index contributed by atoms with van der Waals surface area (Å²) in [5.41, 5.74) is 4.13. The zero-order valence-electron chi connectivity index (χ0n) is 19.3. The van der Waals surface area contributed by atoms with Gasteiger partial charge in [-0.25, -0.2) is 0 Å². The summed E-state index contributed by atoms with van der Waals surface area (Å²) in [6.45, 7) is 0. The van der Waals surface area contributed by atoms with Crippen molar-refractivity contribution in [2.45, 2.75) is 12.5 Å². The Hall–Kier alpha value is -3.93. The minimum Gasteiger partial charge on any atom is -0.493 e. The van der Waals surface area contributed by atoms with E-state index in [0.29, 0.717) is 23.0 Å². The molecule has 3 aromatic carbocycles. The summed E-state index contributed by atoms with van der Waals surface area (Å²) in [6.07, 6.45) is 4.85. The maximum Gasteiger partial charge on any atom is 0.161 e. The van der Waals surface area contributed by atoms with E-state index >= 15 is 0 Å². The van der Waals surface area contributed by atoms with Gasteiger partial charge in [-0.1, -0.05) is 36.4 Å². The van der Waals surface area contributed by atoms with Crippen LogP contribution in [0, 0.1) is 0 Å². The third-order valence-corrected chi connectivity index (χ3v) is 5.62. The molecule has 0 aromatic heterocycles.